The molecule has 0 aliphatic rings. The van der Waals surface area contributed by atoms with Gasteiger partial charge in [0.15, 0.2) is 0 Å². The molecule has 0 radical (unpaired) electrons. The van der Waals surface area contributed by atoms with Gasteiger partial charge in [0.1, 0.15) is 0 Å². The molecule has 2 N–H and O–H groups in total. The Morgan fingerprint density at radius 3 is 2.62 bits per heavy atom. The van der Waals surface area contributed by atoms with Crippen molar-refractivity contribution in [3.8, 4) is 0 Å². The van der Waals surface area contributed by atoms with E-state index in [1.807, 2.05) is 6.92 Å². The molecule has 0 heterocycles. The van der Waals surface area contributed by atoms with Crippen LogP contribution in [0.2, 0.25) is 0 Å². The molecule has 78 valence electrons. The number of nitrogens with one attached hydrogen (secondary N) is 2. The third-order valence-corrected chi connectivity index (χ3v) is 1.52. The van der Waals surface area contributed by atoms with E-state index < -0.39 is 0 Å². The van der Waals surface area contributed by atoms with Gasteiger partial charge in [-0.25, -0.2) is 0 Å². The van der Waals surface area contributed by atoms with E-state index in [2.05, 4.69) is 17.6 Å². The first kappa shape index (κ1) is 12.4. The molecule has 1 amide bonds. The van der Waals surface area contributed by atoms with E-state index >= 15 is 0 Å². The van der Waals surface area contributed by atoms with Crippen LogP contribution in [0.5, 0.6) is 0 Å². The molecule has 0 aromatic heterocycles. The van der Waals surface area contributed by atoms with Crippen molar-refractivity contribution in [3.63, 3.8) is 0 Å². The molecule has 4 heteroatoms. The maximum absolute atomic E-state index is 10.9. The van der Waals surface area contributed by atoms with Gasteiger partial charge in [0.05, 0.1) is 13.2 Å². The predicted molar refractivity (Wildman–Crippen MR) is 52.7 cm³/mol. The van der Waals surface area contributed by atoms with Gasteiger partial charge in [-0.2, -0.15) is 0 Å². The quantitative estimate of drug-likeness (QED) is 0.533. The maximum Gasteiger partial charge on any atom is 0.222 e. The first-order valence-electron chi connectivity index (χ1n) is 4.86. The van der Waals surface area contributed by atoms with Crippen molar-refractivity contribution >= 4 is 5.91 Å². The van der Waals surface area contributed by atoms with Gasteiger partial charge < -0.3 is 15.4 Å². The summed E-state index contributed by atoms with van der Waals surface area (Å²) >= 11 is 0. The summed E-state index contributed by atoms with van der Waals surface area (Å²) in [4.78, 5) is 10.9. The highest BCUT2D eigenvalue weighted by Gasteiger charge is 1.97. The fourth-order valence-electron chi connectivity index (χ4n) is 0.874. The molecule has 0 bridgehead atoms. The highest BCUT2D eigenvalue weighted by atomic mass is 16.5. The third kappa shape index (κ3) is 9.30. The minimum Gasteiger partial charge on any atom is -0.380 e. The molecule has 0 unspecified atom stereocenters. The third-order valence-electron chi connectivity index (χ3n) is 1.52. The van der Waals surface area contributed by atoms with Gasteiger partial charge in [0.2, 0.25) is 5.91 Å². The largest absolute Gasteiger partial charge is 0.380 e. The first-order chi connectivity index (χ1) is 6.31. The highest BCUT2D eigenvalue weighted by Crippen LogP contribution is 1.82. The normalized spacial score (nSPS) is 10.0. The predicted octanol–water partition coefficient (Wildman–Crippen LogP) is 0.139. The number of rotatable bonds is 8. The topological polar surface area (TPSA) is 50.4 Å². The van der Waals surface area contributed by atoms with Crippen LogP contribution >= 0.6 is 0 Å². The summed E-state index contributed by atoms with van der Waals surface area (Å²) < 4.78 is 5.23. The monoisotopic (exact) mass is 188 g/mol. The number of carbonyl (C=O) groups is 1. The van der Waals surface area contributed by atoms with E-state index in [1.54, 1.807) is 0 Å². The summed E-state index contributed by atoms with van der Waals surface area (Å²) in [6.07, 6.45) is 0.458. The van der Waals surface area contributed by atoms with E-state index in [9.17, 15) is 4.79 Å². The molecule has 0 saturated carbocycles. The fourth-order valence-corrected chi connectivity index (χ4v) is 0.874. The molecule has 0 aromatic rings. The van der Waals surface area contributed by atoms with Crippen molar-refractivity contribution in [2.45, 2.75) is 20.3 Å². The van der Waals surface area contributed by atoms with E-state index in [0.717, 1.165) is 13.1 Å². The lowest BCUT2D eigenvalue weighted by Gasteiger charge is -2.04. The second-order valence-electron chi connectivity index (χ2n) is 2.67. The molecule has 0 rings (SSSR count). The lowest BCUT2D eigenvalue weighted by atomic mass is 10.4. The fraction of sp³-hybridized carbons (Fsp3) is 0.889. The zero-order valence-electron chi connectivity index (χ0n) is 8.56. The zero-order chi connectivity index (χ0) is 9.94. The average molecular weight is 188 g/mol. The molecule has 4 nitrogen and oxygen atoms in total. The van der Waals surface area contributed by atoms with Gasteiger partial charge in [-0.3, -0.25) is 4.79 Å². The Bertz CT molecular complexity index is 129. The van der Waals surface area contributed by atoms with Crippen LogP contribution in [0.25, 0.3) is 0 Å². The van der Waals surface area contributed by atoms with Crippen molar-refractivity contribution < 1.29 is 9.53 Å². The average Bonchev–Trinajstić information content (AvgIpc) is 2.11. The summed E-state index contributed by atoms with van der Waals surface area (Å²) in [5, 5.41) is 5.85. The Balaban J connectivity index is 3.02. The Hall–Kier alpha value is -0.610. The molecule has 0 spiro atoms. The highest BCUT2D eigenvalue weighted by molar-refractivity contribution is 5.75. The van der Waals surface area contributed by atoms with Crippen molar-refractivity contribution in [1.29, 1.82) is 0 Å². The van der Waals surface area contributed by atoms with Crippen molar-refractivity contribution in [3.05, 3.63) is 0 Å². The van der Waals surface area contributed by atoms with E-state index in [1.165, 1.54) is 0 Å². The Morgan fingerprint density at radius 1 is 1.23 bits per heavy atom. The smallest absolute Gasteiger partial charge is 0.222 e. The van der Waals surface area contributed by atoms with E-state index in [-0.39, 0.29) is 5.91 Å². The molecule has 13 heavy (non-hydrogen) atoms. The summed E-state index contributed by atoms with van der Waals surface area (Å²) in [5.74, 6) is 0.0611. The summed E-state index contributed by atoms with van der Waals surface area (Å²) in [5.41, 5.74) is 0. The van der Waals surface area contributed by atoms with E-state index in [0.29, 0.717) is 26.2 Å². The van der Waals surface area contributed by atoms with Crippen LogP contribution in [0.15, 0.2) is 0 Å². The second-order valence-corrected chi connectivity index (χ2v) is 2.67. The lowest BCUT2D eigenvalue weighted by molar-refractivity contribution is -0.122. The Labute approximate surface area is 80.0 Å². The van der Waals surface area contributed by atoms with Crippen LogP contribution in [0, 0.1) is 0 Å². The van der Waals surface area contributed by atoms with Crippen LogP contribution in [-0.2, 0) is 9.53 Å². The maximum atomic E-state index is 10.9. The molecule has 0 fully saturated rings. The van der Waals surface area contributed by atoms with Gasteiger partial charge in [-0.1, -0.05) is 6.92 Å². The van der Waals surface area contributed by atoms with E-state index in [4.69, 9.17) is 4.74 Å². The number of hydrogen-bond acceptors (Lipinski definition) is 3. The number of likely N-dealkylation sites (N-methyl/N-ethyl adjacent to an activating group) is 1. The van der Waals surface area contributed by atoms with Crippen LogP contribution < -0.4 is 10.6 Å². The molecule has 0 aliphatic carbocycles. The van der Waals surface area contributed by atoms with Gasteiger partial charge in [0.25, 0.3) is 0 Å². The van der Waals surface area contributed by atoms with Gasteiger partial charge in [-0.15, -0.1) is 0 Å². The van der Waals surface area contributed by atoms with Gasteiger partial charge in [-0.05, 0) is 13.5 Å². The molecule has 0 saturated heterocycles. The first-order valence-corrected chi connectivity index (χ1v) is 4.86. The van der Waals surface area contributed by atoms with Crippen molar-refractivity contribution in [2.75, 3.05) is 32.8 Å². The van der Waals surface area contributed by atoms with Crippen LogP contribution in [-0.4, -0.2) is 38.8 Å². The number of carbonyl (C=O) groups excluding carboxylic acids is 1. The number of amides is 1. The van der Waals surface area contributed by atoms with Crippen molar-refractivity contribution in [1.82, 2.24) is 10.6 Å². The number of ether oxygens (including phenoxy) is 1. The number of hydrogen-bond donors (Lipinski definition) is 2. The van der Waals surface area contributed by atoms with Crippen LogP contribution in [0.4, 0.5) is 0 Å². The lowest BCUT2D eigenvalue weighted by Crippen LogP contribution is -2.25. The Morgan fingerprint density at radius 2 is 2.00 bits per heavy atom. The summed E-state index contributed by atoms with van der Waals surface area (Å²) in [6, 6.07) is 0. The van der Waals surface area contributed by atoms with Crippen molar-refractivity contribution in [2.24, 2.45) is 0 Å². The molecule has 0 aromatic carbocycles. The summed E-state index contributed by atoms with van der Waals surface area (Å²) in [7, 11) is 0. The molecule has 0 atom stereocenters. The van der Waals surface area contributed by atoms with Gasteiger partial charge >= 0.3 is 0 Å². The SMILES string of the molecule is CCNCCOCCC(=O)NCC. The van der Waals surface area contributed by atoms with Crippen LogP contribution in [0.1, 0.15) is 20.3 Å². The molecular weight excluding hydrogens is 168 g/mol. The molecular formula is C9H20N2O2. The minimum absolute atomic E-state index is 0.0611. The zero-order valence-corrected chi connectivity index (χ0v) is 8.56. The standard InChI is InChI=1S/C9H20N2O2/c1-3-10-6-8-13-7-5-9(12)11-4-2/h10H,3-8H2,1-2H3,(H,11,12). The summed E-state index contributed by atoms with van der Waals surface area (Å²) in [6.45, 7) is 7.64. The van der Waals surface area contributed by atoms with Crippen LogP contribution in [0.3, 0.4) is 0 Å². The van der Waals surface area contributed by atoms with Gasteiger partial charge in [0, 0.05) is 19.5 Å². The second kappa shape index (κ2) is 9.48. The Kier molecular flexibility index (Phi) is 9.03. The minimum atomic E-state index is 0.0611. The molecule has 0 aliphatic heterocycles.